The minimum Gasteiger partial charge on any atom is -0.497 e. The zero-order valence-electron chi connectivity index (χ0n) is 14.7. The number of aryl methyl sites for hydroxylation is 1. The SMILES string of the molecule is COc1cccc(NC(=O)c2sccc2S(=O)(=O)Nc2ccc(C)cc2)c1. The molecule has 140 valence electrons. The minimum absolute atomic E-state index is 0.0616. The van der Waals surface area contributed by atoms with Gasteiger partial charge in [-0.25, -0.2) is 8.42 Å². The zero-order chi connectivity index (χ0) is 19.4. The molecule has 0 aliphatic heterocycles. The molecule has 1 heterocycles. The predicted molar refractivity (Wildman–Crippen MR) is 107 cm³/mol. The molecule has 0 bridgehead atoms. The van der Waals surface area contributed by atoms with Crippen LogP contribution in [0.3, 0.4) is 0 Å². The molecule has 0 aliphatic carbocycles. The van der Waals surface area contributed by atoms with Crippen molar-refractivity contribution >= 4 is 38.6 Å². The Morgan fingerprint density at radius 2 is 1.78 bits per heavy atom. The highest BCUT2D eigenvalue weighted by Gasteiger charge is 2.24. The minimum atomic E-state index is -3.89. The van der Waals surface area contributed by atoms with E-state index < -0.39 is 15.9 Å². The first kappa shape index (κ1) is 18.9. The molecule has 0 atom stereocenters. The molecule has 3 aromatic rings. The molecule has 1 aromatic heterocycles. The number of carbonyl (C=O) groups is 1. The van der Waals surface area contributed by atoms with E-state index in [1.165, 1.54) is 13.2 Å². The maximum Gasteiger partial charge on any atom is 0.267 e. The second-order valence-electron chi connectivity index (χ2n) is 5.77. The van der Waals surface area contributed by atoms with E-state index in [-0.39, 0.29) is 9.77 Å². The Morgan fingerprint density at radius 3 is 2.48 bits per heavy atom. The van der Waals surface area contributed by atoms with Gasteiger partial charge in [0.25, 0.3) is 15.9 Å². The van der Waals surface area contributed by atoms with Crippen LogP contribution in [-0.4, -0.2) is 21.4 Å². The van der Waals surface area contributed by atoms with Gasteiger partial charge in [0, 0.05) is 17.4 Å². The smallest absolute Gasteiger partial charge is 0.267 e. The van der Waals surface area contributed by atoms with E-state index in [4.69, 9.17) is 4.74 Å². The maximum absolute atomic E-state index is 12.7. The number of methoxy groups -OCH3 is 1. The quantitative estimate of drug-likeness (QED) is 0.650. The fourth-order valence-electron chi connectivity index (χ4n) is 2.40. The van der Waals surface area contributed by atoms with Gasteiger partial charge in [-0.05, 0) is 42.6 Å². The number of thiophene rings is 1. The van der Waals surface area contributed by atoms with Gasteiger partial charge in [-0.15, -0.1) is 11.3 Å². The largest absolute Gasteiger partial charge is 0.497 e. The Hall–Kier alpha value is -2.84. The molecule has 0 saturated heterocycles. The number of rotatable bonds is 6. The molecule has 0 aliphatic rings. The second-order valence-corrected chi connectivity index (χ2v) is 8.34. The van der Waals surface area contributed by atoms with Crippen LogP contribution in [0, 0.1) is 6.92 Å². The van der Waals surface area contributed by atoms with Crippen molar-refractivity contribution in [2.24, 2.45) is 0 Å². The lowest BCUT2D eigenvalue weighted by molar-refractivity contribution is 0.102. The molecule has 0 fully saturated rings. The third-order valence-corrected chi connectivity index (χ3v) is 6.22. The van der Waals surface area contributed by atoms with Gasteiger partial charge in [-0.1, -0.05) is 23.8 Å². The molecule has 0 radical (unpaired) electrons. The lowest BCUT2D eigenvalue weighted by atomic mass is 10.2. The van der Waals surface area contributed by atoms with Crippen LogP contribution >= 0.6 is 11.3 Å². The molecular weight excluding hydrogens is 384 g/mol. The van der Waals surface area contributed by atoms with Crippen LogP contribution in [0.5, 0.6) is 5.75 Å². The van der Waals surface area contributed by atoms with Crippen molar-refractivity contribution in [3.63, 3.8) is 0 Å². The average molecular weight is 402 g/mol. The highest BCUT2D eigenvalue weighted by molar-refractivity contribution is 7.93. The molecule has 0 saturated carbocycles. The van der Waals surface area contributed by atoms with Crippen molar-refractivity contribution < 1.29 is 17.9 Å². The second kappa shape index (κ2) is 7.81. The van der Waals surface area contributed by atoms with Crippen molar-refractivity contribution in [2.75, 3.05) is 17.1 Å². The van der Waals surface area contributed by atoms with Crippen molar-refractivity contribution in [3.05, 3.63) is 70.4 Å². The van der Waals surface area contributed by atoms with Crippen molar-refractivity contribution in [1.29, 1.82) is 0 Å². The van der Waals surface area contributed by atoms with Gasteiger partial charge in [0.1, 0.15) is 15.5 Å². The summed E-state index contributed by atoms with van der Waals surface area (Å²) in [6.45, 7) is 1.91. The van der Waals surface area contributed by atoms with Crippen LogP contribution in [-0.2, 0) is 10.0 Å². The molecule has 3 rings (SSSR count). The maximum atomic E-state index is 12.7. The van der Waals surface area contributed by atoms with Gasteiger partial charge in [0.05, 0.1) is 7.11 Å². The summed E-state index contributed by atoms with van der Waals surface area (Å²) in [7, 11) is -2.36. The Morgan fingerprint density at radius 1 is 1.04 bits per heavy atom. The summed E-state index contributed by atoms with van der Waals surface area (Å²) in [6, 6.07) is 15.2. The Bertz CT molecular complexity index is 1060. The van der Waals surface area contributed by atoms with Crippen LogP contribution in [0.2, 0.25) is 0 Å². The lowest BCUT2D eigenvalue weighted by Crippen LogP contribution is -2.18. The molecule has 8 heteroatoms. The topological polar surface area (TPSA) is 84.5 Å². The number of hydrogen-bond donors (Lipinski definition) is 2. The normalized spacial score (nSPS) is 11.0. The number of ether oxygens (including phenoxy) is 1. The van der Waals surface area contributed by atoms with E-state index in [9.17, 15) is 13.2 Å². The van der Waals surface area contributed by atoms with Crippen LogP contribution in [0.1, 0.15) is 15.2 Å². The van der Waals surface area contributed by atoms with Gasteiger partial charge in [0.2, 0.25) is 0 Å². The summed E-state index contributed by atoms with van der Waals surface area (Å²) in [6.07, 6.45) is 0. The van der Waals surface area contributed by atoms with Crippen molar-refractivity contribution in [2.45, 2.75) is 11.8 Å². The Labute approximate surface area is 161 Å². The summed E-state index contributed by atoms with van der Waals surface area (Å²) in [5.74, 6) is 0.0930. The zero-order valence-corrected chi connectivity index (χ0v) is 16.4. The van der Waals surface area contributed by atoms with Crippen molar-refractivity contribution in [1.82, 2.24) is 0 Å². The van der Waals surface area contributed by atoms with Crippen molar-refractivity contribution in [3.8, 4) is 5.75 Å². The molecule has 6 nitrogen and oxygen atoms in total. The molecule has 0 unspecified atom stereocenters. The number of amides is 1. The van der Waals surface area contributed by atoms with E-state index in [0.717, 1.165) is 16.9 Å². The van der Waals surface area contributed by atoms with Gasteiger partial charge in [-0.3, -0.25) is 9.52 Å². The van der Waals surface area contributed by atoms with E-state index in [1.807, 2.05) is 19.1 Å². The molecular formula is C19H18N2O4S2. The van der Waals surface area contributed by atoms with Gasteiger partial charge < -0.3 is 10.1 Å². The Balaban J connectivity index is 1.83. The molecule has 2 aromatic carbocycles. The number of carbonyl (C=O) groups excluding carboxylic acids is 1. The predicted octanol–water partition coefficient (Wildman–Crippen LogP) is 4.12. The van der Waals surface area contributed by atoms with Crippen LogP contribution < -0.4 is 14.8 Å². The summed E-state index contributed by atoms with van der Waals surface area (Å²) in [5, 5.41) is 4.28. The number of nitrogens with one attached hydrogen (secondary N) is 2. The van der Waals surface area contributed by atoms with Gasteiger partial charge >= 0.3 is 0 Å². The highest BCUT2D eigenvalue weighted by atomic mass is 32.2. The first-order valence-electron chi connectivity index (χ1n) is 8.01. The Kier molecular flexibility index (Phi) is 5.48. The van der Waals surface area contributed by atoms with E-state index in [1.54, 1.807) is 41.8 Å². The summed E-state index contributed by atoms with van der Waals surface area (Å²) >= 11 is 1.06. The highest BCUT2D eigenvalue weighted by Crippen LogP contribution is 2.26. The number of hydrogen-bond acceptors (Lipinski definition) is 5. The first-order chi connectivity index (χ1) is 12.9. The van der Waals surface area contributed by atoms with E-state index in [2.05, 4.69) is 10.0 Å². The molecule has 0 spiro atoms. The van der Waals surface area contributed by atoms with E-state index in [0.29, 0.717) is 17.1 Å². The summed E-state index contributed by atoms with van der Waals surface area (Å²) in [4.78, 5) is 12.7. The van der Waals surface area contributed by atoms with Crippen LogP contribution in [0.4, 0.5) is 11.4 Å². The van der Waals surface area contributed by atoms with Gasteiger partial charge in [0.15, 0.2) is 0 Å². The van der Waals surface area contributed by atoms with Crippen LogP contribution in [0.15, 0.2) is 64.9 Å². The molecule has 2 N–H and O–H groups in total. The van der Waals surface area contributed by atoms with Gasteiger partial charge in [-0.2, -0.15) is 0 Å². The standard InChI is InChI=1S/C19H18N2O4S2/c1-13-6-8-14(9-7-13)21-27(23,24)17-10-11-26-18(17)19(22)20-15-4-3-5-16(12-15)25-2/h3-12,21H,1-2H3,(H,20,22). The number of sulfonamides is 1. The first-order valence-corrected chi connectivity index (χ1v) is 10.4. The van der Waals surface area contributed by atoms with Crippen LogP contribution in [0.25, 0.3) is 0 Å². The fraction of sp³-hybridized carbons (Fsp3) is 0.105. The lowest BCUT2D eigenvalue weighted by Gasteiger charge is -2.10. The molecule has 27 heavy (non-hydrogen) atoms. The third-order valence-electron chi connectivity index (χ3n) is 3.76. The monoisotopic (exact) mass is 402 g/mol. The average Bonchev–Trinajstić information content (AvgIpc) is 3.15. The third kappa shape index (κ3) is 4.47. The fourth-order valence-corrected chi connectivity index (χ4v) is 4.78. The van der Waals surface area contributed by atoms with E-state index >= 15 is 0 Å². The molecule has 1 amide bonds. The summed E-state index contributed by atoms with van der Waals surface area (Å²) < 4.78 is 33.1. The number of anilines is 2. The summed E-state index contributed by atoms with van der Waals surface area (Å²) in [5.41, 5.74) is 1.97. The number of benzene rings is 2.